The topological polar surface area (TPSA) is 55.5 Å². The van der Waals surface area contributed by atoms with Crippen molar-refractivity contribution in [2.75, 3.05) is 13.7 Å². The minimum absolute atomic E-state index is 0.167. The summed E-state index contributed by atoms with van der Waals surface area (Å²) in [7, 11) is 1.67. The first-order valence-corrected chi connectivity index (χ1v) is 5.98. The molecule has 1 aromatic carbocycles. The number of aliphatic hydroxyl groups excluding tert-OH is 1. The van der Waals surface area contributed by atoms with Crippen LogP contribution < -0.4 is 10.5 Å². The molecule has 0 bridgehead atoms. The SMILES string of the molecule is COc1c(C)cc(C)cc1C(C)(N)CCCO. The van der Waals surface area contributed by atoms with Crippen LogP contribution in [0.1, 0.15) is 36.5 Å². The van der Waals surface area contributed by atoms with Crippen molar-refractivity contribution in [2.45, 2.75) is 39.2 Å². The molecular weight excluding hydrogens is 214 g/mol. The summed E-state index contributed by atoms with van der Waals surface area (Å²) in [5.74, 6) is 0.860. The number of aliphatic hydroxyl groups is 1. The highest BCUT2D eigenvalue weighted by atomic mass is 16.5. The number of benzene rings is 1. The molecule has 0 saturated carbocycles. The van der Waals surface area contributed by atoms with Crippen LogP contribution in [0.5, 0.6) is 5.75 Å². The van der Waals surface area contributed by atoms with E-state index < -0.39 is 5.54 Å². The monoisotopic (exact) mass is 237 g/mol. The van der Waals surface area contributed by atoms with E-state index in [0.29, 0.717) is 6.42 Å². The zero-order valence-electron chi connectivity index (χ0n) is 11.2. The Morgan fingerprint density at radius 3 is 2.53 bits per heavy atom. The summed E-state index contributed by atoms with van der Waals surface area (Å²) in [6.07, 6.45) is 1.44. The van der Waals surface area contributed by atoms with Crippen molar-refractivity contribution >= 4 is 0 Å². The molecule has 0 heterocycles. The lowest BCUT2D eigenvalue weighted by molar-refractivity contribution is 0.263. The van der Waals surface area contributed by atoms with Crippen LogP contribution in [0, 0.1) is 13.8 Å². The molecule has 0 aliphatic heterocycles. The van der Waals surface area contributed by atoms with E-state index in [4.69, 9.17) is 15.6 Å². The number of hydrogen-bond acceptors (Lipinski definition) is 3. The Hall–Kier alpha value is -1.06. The molecule has 1 unspecified atom stereocenters. The molecule has 3 heteroatoms. The van der Waals surface area contributed by atoms with Crippen LogP contribution in [0.25, 0.3) is 0 Å². The van der Waals surface area contributed by atoms with E-state index in [9.17, 15) is 0 Å². The predicted molar refractivity (Wildman–Crippen MR) is 70.3 cm³/mol. The Morgan fingerprint density at radius 2 is 2.00 bits per heavy atom. The summed E-state index contributed by atoms with van der Waals surface area (Å²) >= 11 is 0. The van der Waals surface area contributed by atoms with Gasteiger partial charge in [-0.25, -0.2) is 0 Å². The van der Waals surface area contributed by atoms with Gasteiger partial charge in [-0.2, -0.15) is 0 Å². The maximum absolute atomic E-state index is 8.93. The minimum atomic E-state index is -0.467. The van der Waals surface area contributed by atoms with Crippen molar-refractivity contribution in [2.24, 2.45) is 5.73 Å². The van der Waals surface area contributed by atoms with Gasteiger partial charge in [-0.05, 0) is 39.2 Å². The van der Waals surface area contributed by atoms with E-state index >= 15 is 0 Å². The van der Waals surface area contributed by atoms with Gasteiger partial charge < -0.3 is 15.6 Å². The van der Waals surface area contributed by atoms with Crippen LogP contribution in [0.3, 0.4) is 0 Å². The van der Waals surface area contributed by atoms with E-state index in [0.717, 1.165) is 23.3 Å². The molecule has 0 aliphatic carbocycles. The molecule has 0 spiro atoms. The fraction of sp³-hybridized carbons (Fsp3) is 0.571. The fourth-order valence-corrected chi connectivity index (χ4v) is 2.23. The first-order valence-electron chi connectivity index (χ1n) is 5.98. The molecule has 1 aromatic rings. The Kier molecular flexibility index (Phi) is 4.54. The lowest BCUT2D eigenvalue weighted by atomic mass is 9.85. The van der Waals surface area contributed by atoms with Crippen LogP contribution >= 0.6 is 0 Å². The minimum Gasteiger partial charge on any atom is -0.496 e. The second-order valence-corrected chi connectivity index (χ2v) is 4.91. The Bertz CT molecular complexity index is 386. The van der Waals surface area contributed by atoms with Crippen molar-refractivity contribution in [3.05, 3.63) is 28.8 Å². The molecule has 96 valence electrons. The Balaban J connectivity index is 3.18. The molecule has 0 radical (unpaired) electrons. The number of rotatable bonds is 5. The van der Waals surface area contributed by atoms with Crippen LogP contribution in [0.4, 0.5) is 0 Å². The van der Waals surface area contributed by atoms with Gasteiger partial charge in [0.15, 0.2) is 0 Å². The molecular formula is C14H23NO2. The van der Waals surface area contributed by atoms with Gasteiger partial charge in [0.25, 0.3) is 0 Å². The fourth-order valence-electron chi connectivity index (χ4n) is 2.23. The zero-order chi connectivity index (χ0) is 13.1. The smallest absolute Gasteiger partial charge is 0.126 e. The molecule has 0 aromatic heterocycles. The molecule has 0 fully saturated rings. The maximum atomic E-state index is 8.93. The molecule has 17 heavy (non-hydrogen) atoms. The van der Waals surface area contributed by atoms with E-state index in [1.54, 1.807) is 7.11 Å². The molecule has 0 amide bonds. The van der Waals surface area contributed by atoms with Gasteiger partial charge in [-0.15, -0.1) is 0 Å². The first kappa shape index (κ1) is 14.0. The predicted octanol–water partition coefficient (Wildman–Crippen LogP) is 2.26. The summed E-state index contributed by atoms with van der Waals surface area (Å²) in [4.78, 5) is 0. The van der Waals surface area contributed by atoms with E-state index in [1.165, 1.54) is 5.56 Å². The molecule has 3 N–H and O–H groups in total. The molecule has 0 aliphatic rings. The summed E-state index contributed by atoms with van der Waals surface area (Å²) in [5.41, 5.74) is 9.18. The average Bonchev–Trinajstić information content (AvgIpc) is 2.25. The van der Waals surface area contributed by atoms with E-state index in [-0.39, 0.29) is 6.61 Å². The molecule has 3 nitrogen and oxygen atoms in total. The van der Waals surface area contributed by atoms with Gasteiger partial charge in [0.05, 0.1) is 7.11 Å². The summed E-state index contributed by atoms with van der Waals surface area (Å²) in [6, 6.07) is 4.16. The van der Waals surface area contributed by atoms with Gasteiger partial charge >= 0.3 is 0 Å². The number of aryl methyl sites for hydroxylation is 2. The first-order chi connectivity index (χ1) is 7.92. The Labute approximate surface area is 104 Å². The van der Waals surface area contributed by atoms with Crippen molar-refractivity contribution in [1.29, 1.82) is 0 Å². The lowest BCUT2D eigenvalue weighted by Crippen LogP contribution is -2.34. The standard InChI is InChI=1S/C14H23NO2/c1-10-8-11(2)13(17-4)12(9-10)14(3,15)6-5-7-16/h8-9,16H,5-7,15H2,1-4H3. The average molecular weight is 237 g/mol. The van der Waals surface area contributed by atoms with E-state index in [2.05, 4.69) is 19.1 Å². The number of nitrogens with two attached hydrogens (primary N) is 1. The van der Waals surface area contributed by atoms with Gasteiger partial charge in [-0.1, -0.05) is 17.7 Å². The number of methoxy groups -OCH3 is 1. The van der Waals surface area contributed by atoms with Crippen molar-refractivity contribution in [3.63, 3.8) is 0 Å². The van der Waals surface area contributed by atoms with Crippen molar-refractivity contribution < 1.29 is 9.84 Å². The molecule has 0 saturated heterocycles. The van der Waals surface area contributed by atoms with Gasteiger partial charge in [0.2, 0.25) is 0 Å². The maximum Gasteiger partial charge on any atom is 0.126 e. The van der Waals surface area contributed by atoms with E-state index in [1.807, 2.05) is 13.8 Å². The lowest BCUT2D eigenvalue weighted by Gasteiger charge is -2.28. The second kappa shape index (κ2) is 5.52. The highest BCUT2D eigenvalue weighted by Gasteiger charge is 2.25. The second-order valence-electron chi connectivity index (χ2n) is 4.91. The summed E-state index contributed by atoms with van der Waals surface area (Å²) in [5, 5.41) is 8.93. The summed E-state index contributed by atoms with van der Waals surface area (Å²) < 4.78 is 5.45. The van der Waals surface area contributed by atoms with Gasteiger partial charge in [0.1, 0.15) is 5.75 Å². The van der Waals surface area contributed by atoms with Crippen LogP contribution in [0.2, 0.25) is 0 Å². The third-order valence-electron chi connectivity index (χ3n) is 3.09. The number of ether oxygens (including phenoxy) is 1. The highest BCUT2D eigenvalue weighted by Crippen LogP contribution is 2.34. The Morgan fingerprint density at radius 1 is 1.35 bits per heavy atom. The van der Waals surface area contributed by atoms with Crippen LogP contribution in [-0.4, -0.2) is 18.8 Å². The van der Waals surface area contributed by atoms with Crippen molar-refractivity contribution in [3.8, 4) is 5.75 Å². The normalized spacial score (nSPS) is 14.5. The third kappa shape index (κ3) is 3.20. The quantitative estimate of drug-likeness (QED) is 0.826. The summed E-state index contributed by atoms with van der Waals surface area (Å²) in [6.45, 7) is 6.23. The van der Waals surface area contributed by atoms with Crippen LogP contribution in [0.15, 0.2) is 12.1 Å². The van der Waals surface area contributed by atoms with Gasteiger partial charge in [-0.3, -0.25) is 0 Å². The zero-order valence-corrected chi connectivity index (χ0v) is 11.2. The largest absolute Gasteiger partial charge is 0.496 e. The molecule has 1 rings (SSSR count). The number of hydrogen-bond donors (Lipinski definition) is 2. The highest BCUT2D eigenvalue weighted by molar-refractivity contribution is 5.47. The third-order valence-corrected chi connectivity index (χ3v) is 3.09. The van der Waals surface area contributed by atoms with Gasteiger partial charge in [0, 0.05) is 17.7 Å². The molecule has 1 atom stereocenters. The van der Waals surface area contributed by atoms with Crippen LogP contribution in [-0.2, 0) is 5.54 Å². The van der Waals surface area contributed by atoms with Crippen molar-refractivity contribution in [1.82, 2.24) is 0 Å².